The van der Waals surface area contributed by atoms with E-state index >= 15 is 0 Å². The number of halogens is 3. The van der Waals surface area contributed by atoms with Crippen molar-refractivity contribution < 1.29 is 23.4 Å². The Bertz CT molecular complexity index is 566. The molecule has 0 radical (unpaired) electrons. The summed E-state index contributed by atoms with van der Waals surface area (Å²) in [6, 6.07) is 6.85. The van der Waals surface area contributed by atoms with Gasteiger partial charge in [0.05, 0.1) is 17.6 Å². The third-order valence-corrected chi connectivity index (χ3v) is 2.81. The van der Waals surface area contributed by atoms with Gasteiger partial charge in [-0.1, -0.05) is 12.1 Å². The van der Waals surface area contributed by atoms with Crippen LogP contribution in [0.2, 0.25) is 0 Å². The maximum Gasteiger partial charge on any atom is 0.414 e. The van der Waals surface area contributed by atoms with Gasteiger partial charge in [-0.3, -0.25) is 0 Å². The van der Waals surface area contributed by atoms with Crippen LogP contribution in [0.5, 0.6) is 0 Å². The fourth-order valence-electron chi connectivity index (χ4n) is 1.92. The predicted octanol–water partition coefficient (Wildman–Crippen LogP) is 1.49. The summed E-state index contributed by atoms with van der Waals surface area (Å²) >= 11 is 0. The van der Waals surface area contributed by atoms with Crippen LogP contribution in [0.4, 0.5) is 13.2 Å². The highest BCUT2D eigenvalue weighted by molar-refractivity contribution is 5.75. The lowest BCUT2D eigenvalue weighted by Gasteiger charge is -2.15. The molecule has 0 aliphatic rings. The van der Waals surface area contributed by atoms with E-state index in [1.165, 1.54) is 4.57 Å². The van der Waals surface area contributed by atoms with Crippen LogP contribution in [-0.4, -0.2) is 38.7 Å². The van der Waals surface area contributed by atoms with Crippen LogP contribution in [0, 0.1) is 0 Å². The van der Waals surface area contributed by atoms with Gasteiger partial charge in [0, 0.05) is 13.0 Å². The van der Waals surface area contributed by atoms with Crippen LogP contribution in [0.1, 0.15) is 5.82 Å². The first-order valence-electron chi connectivity index (χ1n) is 5.73. The maximum atomic E-state index is 12.4. The minimum absolute atomic E-state index is 0.111. The average molecular weight is 274 g/mol. The Balaban J connectivity index is 2.39. The molecular weight excluding hydrogens is 261 g/mol. The topological polar surface area (TPSA) is 58.3 Å². The van der Waals surface area contributed by atoms with E-state index < -0.39 is 18.7 Å². The summed E-state index contributed by atoms with van der Waals surface area (Å²) in [5.41, 5.74) is 1.18. The molecule has 0 saturated heterocycles. The van der Waals surface area contributed by atoms with Crippen molar-refractivity contribution in [3.8, 4) is 0 Å². The number of rotatable bonds is 4. The molecule has 2 aromatic rings. The van der Waals surface area contributed by atoms with Gasteiger partial charge >= 0.3 is 6.18 Å². The summed E-state index contributed by atoms with van der Waals surface area (Å²) in [6.45, 7) is -0.0735. The smallest absolute Gasteiger partial charge is 0.395 e. The van der Waals surface area contributed by atoms with E-state index in [9.17, 15) is 13.2 Å². The Hall–Kier alpha value is -1.60. The van der Waals surface area contributed by atoms with Crippen molar-refractivity contribution in [2.45, 2.75) is 25.2 Å². The number of benzene rings is 1. The molecule has 1 unspecified atom stereocenters. The molecule has 0 fully saturated rings. The van der Waals surface area contributed by atoms with Gasteiger partial charge in [0.1, 0.15) is 5.82 Å². The van der Waals surface area contributed by atoms with Crippen LogP contribution < -0.4 is 0 Å². The Kier molecular flexibility index (Phi) is 3.77. The van der Waals surface area contributed by atoms with Crippen LogP contribution in [0.15, 0.2) is 24.3 Å². The lowest BCUT2D eigenvalue weighted by molar-refractivity contribution is -0.203. The molecule has 0 aliphatic heterocycles. The molecule has 1 aromatic carbocycles. The van der Waals surface area contributed by atoms with Crippen molar-refractivity contribution in [2.75, 3.05) is 6.61 Å². The van der Waals surface area contributed by atoms with Crippen molar-refractivity contribution in [2.24, 2.45) is 0 Å². The Morgan fingerprint density at radius 1 is 1.26 bits per heavy atom. The second kappa shape index (κ2) is 5.18. The molecule has 0 amide bonds. The number of aliphatic hydroxyl groups excluding tert-OH is 2. The molecule has 2 rings (SSSR count). The molecule has 0 aliphatic carbocycles. The maximum absolute atomic E-state index is 12.4. The zero-order valence-electron chi connectivity index (χ0n) is 9.93. The quantitative estimate of drug-likeness (QED) is 0.888. The summed E-state index contributed by atoms with van der Waals surface area (Å²) in [6.07, 6.45) is -7.76. The van der Waals surface area contributed by atoms with Gasteiger partial charge in [-0.25, -0.2) is 4.98 Å². The number of nitrogens with zero attached hydrogens (tertiary/aromatic N) is 2. The zero-order chi connectivity index (χ0) is 14.0. The van der Waals surface area contributed by atoms with Gasteiger partial charge in [-0.05, 0) is 12.1 Å². The SMILES string of the molecule is OCCn1c(CC(O)C(F)(F)F)nc2ccccc21. The first kappa shape index (κ1) is 13.8. The van der Waals surface area contributed by atoms with Gasteiger partial charge in [0.2, 0.25) is 0 Å². The van der Waals surface area contributed by atoms with Crippen molar-refractivity contribution >= 4 is 11.0 Å². The van der Waals surface area contributed by atoms with Crippen LogP contribution in [0.3, 0.4) is 0 Å². The summed E-state index contributed by atoms with van der Waals surface area (Å²) in [5.74, 6) is 0.111. The number of imidazole rings is 1. The Morgan fingerprint density at radius 2 is 1.95 bits per heavy atom. The Morgan fingerprint density at radius 3 is 2.58 bits per heavy atom. The predicted molar refractivity (Wildman–Crippen MR) is 62.6 cm³/mol. The normalized spacial score (nSPS) is 13.9. The highest BCUT2D eigenvalue weighted by Gasteiger charge is 2.39. The van der Waals surface area contributed by atoms with Crippen LogP contribution in [0.25, 0.3) is 11.0 Å². The zero-order valence-corrected chi connectivity index (χ0v) is 9.93. The summed E-state index contributed by atoms with van der Waals surface area (Å²) in [5, 5.41) is 18.1. The van der Waals surface area contributed by atoms with E-state index in [1.54, 1.807) is 24.3 Å². The first-order valence-corrected chi connectivity index (χ1v) is 5.73. The molecule has 1 atom stereocenters. The summed E-state index contributed by atoms with van der Waals surface area (Å²) in [4.78, 5) is 4.08. The van der Waals surface area contributed by atoms with Gasteiger partial charge in [0.15, 0.2) is 6.10 Å². The average Bonchev–Trinajstić information content (AvgIpc) is 2.67. The van der Waals surface area contributed by atoms with E-state index in [2.05, 4.69) is 4.98 Å². The lowest BCUT2D eigenvalue weighted by Crippen LogP contribution is -2.31. The fourth-order valence-corrected chi connectivity index (χ4v) is 1.92. The van der Waals surface area contributed by atoms with Crippen molar-refractivity contribution in [1.29, 1.82) is 0 Å². The van der Waals surface area contributed by atoms with Crippen molar-refractivity contribution in [1.82, 2.24) is 9.55 Å². The third kappa shape index (κ3) is 2.87. The number of hydrogen-bond donors (Lipinski definition) is 2. The molecule has 0 saturated carbocycles. The standard InChI is InChI=1S/C12H13F3N2O2/c13-12(14,15)10(19)7-11-16-8-3-1-2-4-9(8)17(11)5-6-18/h1-4,10,18-19H,5-7H2. The number of aromatic nitrogens is 2. The van der Waals surface area contributed by atoms with Gasteiger partial charge in [-0.2, -0.15) is 13.2 Å². The molecule has 104 valence electrons. The van der Waals surface area contributed by atoms with Crippen molar-refractivity contribution in [3.63, 3.8) is 0 Å². The number of fused-ring (bicyclic) bond motifs is 1. The van der Waals surface area contributed by atoms with E-state index in [4.69, 9.17) is 10.2 Å². The third-order valence-electron chi connectivity index (χ3n) is 2.81. The number of para-hydroxylation sites is 2. The highest BCUT2D eigenvalue weighted by atomic mass is 19.4. The lowest BCUT2D eigenvalue weighted by atomic mass is 10.2. The monoisotopic (exact) mass is 274 g/mol. The molecular formula is C12H13F3N2O2. The minimum atomic E-state index is -4.68. The molecule has 4 nitrogen and oxygen atoms in total. The number of hydrogen-bond acceptors (Lipinski definition) is 3. The minimum Gasteiger partial charge on any atom is -0.395 e. The summed E-state index contributed by atoms with van der Waals surface area (Å²) < 4.78 is 38.6. The molecule has 2 N–H and O–H groups in total. The largest absolute Gasteiger partial charge is 0.414 e. The van der Waals surface area contributed by atoms with Crippen LogP contribution in [-0.2, 0) is 13.0 Å². The molecule has 1 heterocycles. The van der Waals surface area contributed by atoms with Gasteiger partial charge in [0.25, 0.3) is 0 Å². The molecule has 1 aromatic heterocycles. The van der Waals surface area contributed by atoms with Gasteiger partial charge < -0.3 is 14.8 Å². The highest BCUT2D eigenvalue weighted by Crippen LogP contribution is 2.24. The fraction of sp³-hybridized carbons (Fsp3) is 0.417. The van der Waals surface area contributed by atoms with E-state index in [0.717, 1.165) is 0 Å². The molecule has 7 heteroatoms. The van der Waals surface area contributed by atoms with E-state index in [0.29, 0.717) is 11.0 Å². The first-order chi connectivity index (χ1) is 8.93. The second-order valence-corrected chi connectivity index (χ2v) is 4.15. The molecule has 0 spiro atoms. The van der Waals surface area contributed by atoms with E-state index in [1.807, 2.05) is 0 Å². The van der Waals surface area contributed by atoms with Crippen molar-refractivity contribution in [3.05, 3.63) is 30.1 Å². The molecule has 19 heavy (non-hydrogen) atoms. The Labute approximate surface area is 107 Å². The molecule has 0 bridgehead atoms. The second-order valence-electron chi connectivity index (χ2n) is 4.15. The van der Waals surface area contributed by atoms with Crippen LogP contribution >= 0.6 is 0 Å². The number of aliphatic hydroxyl groups is 2. The number of alkyl halides is 3. The van der Waals surface area contributed by atoms with Gasteiger partial charge in [-0.15, -0.1) is 0 Å². The van der Waals surface area contributed by atoms with E-state index in [-0.39, 0.29) is 19.0 Å². The summed E-state index contributed by atoms with van der Waals surface area (Å²) in [7, 11) is 0.